The van der Waals surface area contributed by atoms with Gasteiger partial charge in [0.1, 0.15) is 5.75 Å². The smallest absolute Gasteiger partial charge is 0.490 e. The second-order valence-electron chi connectivity index (χ2n) is 7.81. The number of carboxylic acids is 1. The summed E-state index contributed by atoms with van der Waals surface area (Å²) in [4.78, 5) is 24.3. The van der Waals surface area contributed by atoms with Gasteiger partial charge in [-0.25, -0.2) is 9.59 Å². The quantitative estimate of drug-likeness (QED) is 0.597. The van der Waals surface area contributed by atoms with Gasteiger partial charge in [0.15, 0.2) is 0 Å². The normalized spacial score (nSPS) is 14.3. The molecule has 0 atom stereocenters. The van der Waals surface area contributed by atoms with Crippen molar-refractivity contribution in [1.29, 1.82) is 0 Å². The van der Waals surface area contributed by atoms with Crippen molar-refractivity contribution in [1.82, 2.24) is 14.5 Å². The van der Waals surface area contributed by atoms with Crippen LogP contribution in [-0.4, -0.2) is 59.7 Å². The molecule has 0 saturated carbocycles. The van der Waals surface area contributed by atoms with E-state index in [-0.39, 0.29) is 5.69 Å². The van der Waals surface area contributed by atoms with Crippen molar-refractivity contribution in [3.63, 3.8) is 0 Å². The first-order valence-electron chi connectivity index (χ1n) is 10.7. The van der Waals surface area contributed by atoms with Crippen LogP contribution in [0.2, 0.25) is 0 Å². The summed E-state index contributed by atoms with van der Waals surface area (Å²) in [5.74, 6) is -1.94. The summed E-state index contributed by atoms with van der Waals surface area (Å²) >= 11 is 0. The number of aryl methyl sites for hydroxylation is 1. The molecule has 1 aliphatic rings. The van der Waals surface area contributed by atoms with Gasteiger partial charge in [-0.1, -0.05) is 18.2 Å². The van der Waals surface area contributed by atoms with E-state index in [1.165, 1.54) is 0 Å². The van der Waals surface area contributed by atoms with Crippen molar-refractivity contribution in [2.45, 2.75) is 19.1 Å². The van der Waals surface area contributed by atoms with Crippen LogP contribution in [0.4, 0.5) is 18.9 Å². The minimum Gasteiger partial charge on any atom is -0.497 e. The van der Waals surface area contributed by atoms with Crippen molar-refractivity contribution in [2.24, 2.45) is 7.05 Å². The Kier molecular flexibility index (Phi) is 7.87. The third kappa shape index (κ3) is 5.71. The Hall–Kier alpha value is -3.47. The standard InChI is InChI=1S/C21H26N4O2.C2HF3O2/c1-23-20-18(24-13-4-11-22-12-14-24)5-3-6-19(20)25(21(23)26)15-16-7-9-17(27-2)10-8-16;3-2(4,5)1(6)7/h3,5-10,22H,4,11-15H2,1-2H3;(H,6,7). The Morgan fingerprint density at radius 1 is 1.12 bits per heavy atom. The number of nitrogens with zero attached hydrogens (tertiary/aromatic N) is 3. The maximum atomic E-state index is 13.0. The van der Waals surface area contributed by atoms with E-state index < -0.39 is 12.1 Å². The highest BCUT2D eigenvalue weighted by Crippen LogP contribution is 2.27. The predicted molar refractivity (Wildman–Crippen MR) is 123 cm³/mol. The molecule has 11 heteroatoms. The summed E-state index contributed by atoms with van der Waals surface area (Å²) in [6, 6.07) is 14.1. The number of benzene rings is 2. The second-order valence-corrected chi connectivity index (χ2v) is 7.81. The van der Waals surface area contributed by atoms with Gasteiger partial charge >= 0.3 is 17.8 Å². The minimum atomic E-state index is -5.08. The molecule has 0 unspecified atom stereocenters. The van der Waals surface area contributed by atoms with Gasteiger partial charge in [-0.2, -0.15) is 13.2 Å². The Labute approximate surface area is 194 Å². The van der Waals surface area contributed by atoms with E-state index in [2.05, 4.69) is 22.3 Å². The number of fused-ring (bicyclic) bond motifs is 1. The molecule has 8 nitrogen and oxygen atoms in total. The van der Waals surface area contributed by atoms with Crippen LogP contribution in [0.5, 0.6) is 5.75 Å². The van der Waals surface area contributed by atoms with Crippen LogP contribution >= 0.6 is 0 Å². The number of methoxy groups -OCH3 is 1. The summed E-state index contributed by atoms with van der Waals surface area (Å²) in [5.41, 5.74) is 4.23. The van der Waals surface area contributed by atoms with Crippen LogP contribution in [0.15, 0.2) is 47.3 Å². The molecule has 4 rings (SSSR count). The van der Waals surface area contributed by atoms with E-state index >= 15 is 0 Å². The lowest BCUT2D eigenvalue weighted by atomic mass is 10.2. The zero-order valence-corrected chi connectivity index (χ0v) is 18.9. The van der Waals surface area contributed by atoms with Crippen LogP contribution in [0.25, 0.3) is 11.0 Å². The number of alkyl halides is 3. The number of nitrogens with one attached hydrogen (secondary N) is 1. The molecule has 1 aromatic heterocycles. The summed E-state index contributed by atoms with van der Waals surface area (Å²) in [6.07, 6.45) is -3.98. The number of hydrogen-bond acceptors (Lipinski definition) is 5. The van der Waals surface area contributed by atoms with Gasteiger partial charge in [-0.15, -0.1) is 0 Å². The highest BCUT2D eigenvalue weighted by Gasteiger charge is 2.38. The molecule has 0 spiro atoms. The van der Waals surface area contributed by atoms with Crippen molar-refractivity contribution in [3.8, 4) is 5.75 Å². The predicted octanol–water partition coefficient (Wildman–Crippen LogP) is 2.83. The number of carbonyl (C=O) groups is 1. The lowest BCUT2D eigenvalue weighted by molar-refractivity contribution is -0.192. The summed E-state index contributed by atoms with van der Waals surface area (Å²) in [5, 5.41) is 10.6. The van der Waals surface area contributed by atoms with E-state index in [1.54, 1.807) is 11.7 Å². The minimum absolute atomic E-state index is 0.0150. The summed E-state index contributed by atoms with van der Waals surface area (Å²) in [6.45, 7) is 4.52. The first-order valence-corrected chi connectivity index (χ1v) is 10.7. The van der Waals surface area contributed by atoms with Gasteiger partial charge in [-0.3, -0.25) is 9.13 Å². The first-order chi connectivity index (χ1) is 16.1. The number of halogens is 3. The van der Waals surface area contributed by atoms with Crippen LogP contribution in [0, 0.1) is 0 Å². The molecular weight excluding hydrogens is 453 g/mol. The lowest BCUT2D eigenvalue weighted by Crippen LogP contribution is -2.28. The first kappa shape index (κ1) is 25.2. The molecule has 2 heterocycles. The number of rotatable bonds is 4. The monoisotopic (exact) mass is 480 g/mol. The van der Waals surface area contributed by atoms with Gasteiger partial charge in [-0.05, 0) is 42.8 Å². The Morgan fingerprint density at radius 2 is 1.79 bits per heavy atom. The van der Waals surface area contributed by atoms with Crippen molar-refractivity contribution >= 4 is 22.7 Å². The maximum Gasteiger partial charge on any atom is 0.490 e. The zero-order chi connectivity index (χ0) is 24.9. The van der Waals surface area contributed by atoms with Crippen LogP contribution in [-0.2, 0) is 18.4 Å². The Morgan fingerprint density at radius 3 is 2.41 bits per heavy atom. The average molecular weight is 480 g/mol. The van der Waals surface area contributed by atoms with Gasteiger partial charge < -0.3 is 20.1 Å². The van der Waals surface area contributed by atoms with Gasteiger partial charge in [0.05, 0.1) is 30.4 Å². The van der Waals surface area contributed by atoms with Crippen LogP contribution in [0.1, 0.15) is 12.0 Å². The molecule has 2 N–H and O–H groups in total. The number of carboxylic acid groups (broad SMARTS) is 1. The fourth-order valence-electron chi connectivity index (χ4n) is 3.87. The number of imidazole rings is 1. The topological polar surface area (TPSA) is 88.7 Å². The molecule has 0 aliphatic carbocycles. The molecule has 184 valence electrons. The third-order valence-corrected chi connectivity index (χ3v) is 5.56. The number of anilines is 1. The zero-order valence-electron chi connectivity index (χ0n) is 18.9. The summed E-state index contributed by atoms with van der Waals surface area (Å²) < 4.78 is 40.6. The third-order valence-electron chi connectivity index (χ3n) is 5.56. The molecule has 0 bridgehead atoms. The van der Waals surface area contributed by atoms with Crippen LogP contribution < -0.4 is 20.6 Å². The SMILES string of the molecule is COc1ccc(Cn2c(=O)n(C)c3c(N4CCCNCC4)cccc32)cc1.O=C(O)C(F)(F)F. The molecule has 34 heavy (non-hydrogen) atoms. The number of aliphatic carboxylic acids is 1. The highest BCUT2D eigenvalue weighted by atomic mass is 19.4. The average Bonchev–Trinajstić information content (AvgIpc) is 3.00. The van der Waals surface area contributed by atoms with E-state index in [0.717, 1.165) is 60.6 Å². The van der Waals surface area contributed by atoms with Crippen molar-refractivity contribution < 1.29 is 27.8 Å². The molecular formula is C23H27F3N4O4. The van der Waals surface area contributed by atoms with Gasteiger partial charge in [0.25, 0.3) is 0 Å². The largest absolute Gasteiger partial charge is 0.497 e. The number of aromatic nitrogens is 2. The molecule has 2 aromatic carbocycles. The molecule has 3 aromatic rings. The Balaban J connectivity index is 0.000000406. The number of ether oxygens (including phenoxy) is 1. The van der Waals surface area contributed by atoms with Crippen LogP contribution in [0.3, 0.4) is 0 Å². The van der Waals surface area contributed by atoms with E-state index in [0.29, 0.717) is 6.54 Å². The fraction of sp³-hybridized carbons (Fsp3) is 0.391. The maximum absolute atomic E-state index is 13.0. The van der Waals surface area contributed by atoms with E-state index in [1.807, 2.05) is 41.9 Å². The lowest BCUT2D eigenvalue weighted by Gasteiger charge is -2.23. The molecule has 0 amide bonds. The Bertz CT molecular complexity index is 1180. The van der Waals surface area contributed by atoms with Gasteiger partial charge in [0.2, 0.25) is 0 Å². The second kappa shape index (κ2) is 10.6. The number of hydrogen-bond donors (Lipinski definition) is 2. The van der Waals surface area contributed by atoms with Crippen molar-refractivity contribution in [3.05, 3.63) is 58.5 Å². The fourth-order valence-corrected chi connectivity index (χ4v) is 3.87. The molecule has 1 aliphatic heterocycles. The number of para-hydroxylation sites is 1. The molecule has 1 saturated heterocycles. The highest BCUT2D eigenvalue weighted by molar-refractivity contribution is 5.89. The van der Waals surface area contributed by atoms with Gasteiger partial charge in [0, 0.05) is 26.7 Å². The van der Waals surface area contributed by atoms with E-state index in [4.69, 9.17) is 14.6 Å². The van der Waals surface area contributed by atoms with Crippen molar-refractivity contribution in [2.75, 3.05) is 38.2 Å². The molecule has 1 fully saturated rings. The summed E-state index contributed by atoms with van der Waals surface area (Å²) in [7, 11) is 3.53. The van der Waals surface area contributed by atoms with E-state index in [9.17, 15) is 18.0 Å². The molecule has 0 radical (unpaired) electrons.